The zero-order valence-electron chi connectivity index (χ0n) is 22.9. The molecule has 0 bridgehead atoms. The van der Waals surface area contributed by atoms with Crippen molar-refractivity contribution in [2.75, 3.05) is 6.61 Å². The second-order valence-electron chi connectivity index (χ2n) is 13.0. The predicted molar refractivity (Wildman–Crippen MR) is 148 cm³/mol. The van der Waals surface area contributed by atoms with Crippen LogP contribution in [-0.4, -0.2) is 40.1 Å². The molecule has 0 saturated heterocycles. The number of aliphatic hydroxyl groups excluding tert-OH is 2. The van der Waals surface area contributed by atoms with Gasteiger partial charge in [-0.1, -0.05) is 34.1 Å². The molecule has 208 valence electrons. The van der Waals surface area contributed by atoms with E-state index in [2.05, 4.69) is 37.4 Å². The average molecular weight is 551 g/mol. The van der Waals surface area contributed by atoms with Gasteiger partial charge < -0.3 is 14.9 Å². The van der Waals surface area contributed by atoms with Crippen molar-refractivity contribution in [3.8, 4) is 0 Å². The van der Waals surface area contributed by atoms with E-state index >= 15 is 0 Å². The summed E-state index contributed by atoms with van der Waals surface area (Å²) in [6.07, 6.45) is 10.5. The molecular formula is C29H46N2O4S2. The predicted octanol–water partition coefficient (Wildman–Crippen LogP) is 6.53. The lowest BCUT2D eigenvalue weighted by atomic mass is 9.41. The monoisotopic (exact) mass is 550 g/mol. The molecule has 0 radical (unpaired) electrons. The summed E-state index contributed by atoms with van der Waals surface area (Å²) in [5.74, 6) is 3.32. The average Bonchev–Trinajstić information content (AvgIpc) is 3.51. The number of nitrogens with zero attached hydrogens (tertiary/aromatic N) is 1. The van der Waals surface area contributed by atoms with Crippen molar-refractivity contribution < 1.29 is 19.7 Å². The number of carbonyl (C=O) groups is 1. The molecule has 3 N–H and O–H groups in total. The van der Waals surface area contributed by atoms with Crippen LogP contribution in [-0.2, 0) is 4.74 Å². The summed E-state index contributed by atoms with van der Waals surface area (Å²) in [6, 6.07) is 0. The van der Waals surface area contributed by atoms with Crippen LogP contribution in [0.2, 0.25) is 0 Å². The highest BCUT2D eigenvalue weighted by Gasteiger charge is 2.64. The SMILES string of the molecule is CC[C@H]1[C@@H](O)[C@H]2C3CCC([C@H](C)CCOC(=O)NSc4nccs4)[C@@]3(C)CCC2[C@@]2(C)CC[C@@H](O)C[C@@H]12. The molecule has 1 heterocycles. The largest absolute Gasteiger partial charge is 0.449 e. The van der Waals surface area contributed by atoms with Crippen LogP contribution in [0.15, 0.2) is 15.9 Å². The highest BCUT2D eigenvalue weighted by molar-refractivity contribution is 7.99. The quantitative estimate of drug-likeness (QED) is 0.334. The molecule has 6 nitrogen and oxygen atoms in total. The summed E-state index contributed by atoms with van der Waals surface area (Å²) in [5.41, 5.74) is 0.479. The van der Waals surface area contributed by atoms with Crippen LogP contribution in [0.3, 0.4) is 0 Å². The Morgan fingerprint density at radius 3 is 2.68 bits per heavy atom. The molecule has 0 aromatic carbocycles. The first-order valence-corrected chi connectivity index (χ1v) is 16.2. The number of amides is 1. The molecule has 0 spiro atoms. The summed E-state index contributed by atoms with van der Waals surface area (Å²) in [4.78, 5) is 16.3. The van der Waals surface area contributed by atoms with Crippen LogP contribution >= 0.6 is 23.3 Å². The summed E-state index contributed by atoms with van der Waals surface area (Å²) in [6.45, 7) is 10.0. The van der Waals surface area contributed by atoms with E-state index in [1.165, 1.54) is 49.0 Å². The maximum absolute atomic E-state index is 12.1. The fourth-order valence-electron chi connectivity index (χ4n) is 9.85. The van der Waals surface area contributed by atoms with E-state index in [1.54, 1.807) is 6.20 Å². The minimum Gasteiger partial charge on any atom is -0.449 e. The summed E-state index contributed by atoms with van der Waals surface area (Å²) in [5, 5.41) is 24.2. The number of aliphatic hydroxyl groups is 2. The number of rotatable bonds is 7. The fraction of sp³-hybridized carbons (Fsp3) is 0.862. The Balaban J connectivity index is 1.22. The Morgan fingerprint density at radius 2 is 1.95 bits per heavy atom. The topological polar surface area (TPSA) is 91.7 Å². The third-order valence-corrected chi connectivity index (χ3v) is 13.2. The van der Waals surface area contributed by atoms with Crippen LogP contribution in [0.4, 0.5) is 4.79 Å². The Hall–Kier alpha value is -0.830. The number of fused-ring (bicyclic) bond motifs is 5. The molecule has 4 aliphatic carbocycles. The molecule has 4 fully saturated rings. The van der Waals surface area contributed by atoms with Gasteiger partial charge in [0.25, 0.3) is 0 Å². The minimum atomic E-state index is -0.403. The van der Waals surface area contributed by atoms with Gasteiger partial charge in [0, 0.05) is 23.5 Å². The number of thiazole rings is 1. The molecule has 1 amide bonds. The second-order valence-corrected chi connectivity index (χ2v) is 15.0. The van der Waals surface area contributed by atoms with E-state index < -0.39 is 6.09 Å². The van der Waals surface area contributed by atoms with E-state index in [-0.39, 0.29) is 23.0 Å². The van der Waals surface area contributed by atoms with E-state index in [9.17, 15) is 15.0 Å². The molecule has 3 unspecified atom stereocenters. The zero-order chi connectivity index (χ0) is 26.4. The highest BCUT2D eigenvalue weighted by Crippen LogP contribution is 2.69. The van der Waals surface area contributed by atoms with Gasteiger partial charge in [-0.15, -0.1) is 11.3 Å². The van der Waals surface area contributed by atoms with Crippen molar-refractivity contribution >= 4 is 29.4 Å². The van der Waals surface area contributed by atoms with Gasteiger partial charge in [-0.2, -0.15) is 0 Å². The van der Waals surface area contributed by atoms with Gasteiger partial charge in [-0.05, 0) is 104 Å². The van der Waals surface area contributed by atoms with Crippen molar-refractivity contribution in [1.29, 1.82) is 0 Å². The smallest absolute Gasteiger partial charge is 0.417 e. The van der Waals surface area contributed by atoms with Gasteiger partial charge >= 0.3 is 6.09 Å². The van der Waals surface area contributed by atoms with Crippen molar-refractivity contribution in [3.63, 3.8) is 0 Å². The highest BCUT2D eigenvalue weighted by atomic mass is 32.2. The van der Waals surface area contributed by atoms with Gasteiger partial charge in [-0.3, -0.25) is 4.72 Å². The first-order valence-electron chi connectivity index (χ1n) is 14.5. The number of hydrogen-bond donors (Lipinski definition) is 3. The maximum Gasteiger partial charge on any atom is 0.417 e. The first kappa shape index (κ1) is 27.7. The van der Waals surface area contributed by atoms with Gasteiger partial charge in [0.15, 0.2) is 4.34 Å². The molecule has 4 aliphatic rings. The van der Waals surface area contributed by atoms with Crippen LogP contribution in [0, 0.1) is 52.3 Å². The fourth-order valence-corrected chi connectivity index (χ4v) is 11.0. The number of carbonyl (C=O) groups excluding carboxylic acids is 1. The standard InChI is InChI=1S/C29H46N2O4S2/c1-5-19-23-16-18(32)8-11-29(23,4)22-9-12-28(3)20(6-7-21(28)24(22)25(19)33)17(2)10-14-35-26(34)31-37-27-30-13-15-36-27/h13,15,17-25,32-33H,5-12,14,16H2,1-4H3,(H,31,34)/t17-,18-,19-,20?,21?,22?,23+,24+,25-,28-,29-/m1/s1. The number of aromatic nitrogens is 1. The van der Waals surface area contributed by atoms with Crippen molar-refractivity contribution in [2.45, 2.75) is 102 Å². The van der Waals surface area contributed by atoms with E-state index in [4.69, 9.17) is 4.74 Å². The van der Waals surface area contributed by atoms with Crippen molar-refractivity contribution in [1.82, 2.24) is 9.71 Å². The number of nitrogens with one attached hydrogen (secondary N) is 1. The molecule has 11 atom stereocenters. The molecular weight excluding hydrogens is 504 g/mol. The maximum atomic E-state index is 12.1. The molecule has 37 heavy (non-hydrogen) atoms. The molecule has 1 aromatic heterocycles. The lowest BCUT2D eigenvalue weighted by molar-refractivity contribution is -0.203. The molecule has 5 rings (SSSR count). The third-order valence-electron chi connectivity index (χ3n) is 11.6. The third kappa shape index (κ3) is 4.98. The van der Waals surface area contributed by atoms with Crippen molar-refractivity contribution in [2.24, 2.45) is 52.3 Å². The van der Waals surface area contributed by atoms with Crippen LogP contribution < -0.4 is 4.72 Å². The first-order chi connectivity index (χ1) is 17.7. The molecule has 4 saturated carbocycles. The Kier molecular flexibility index (Phi) is 8.22. The number of ether oxygens (including phenoxy) is 1. The van der Waals surface area contributed by atoms with Crippen LogP contribution in [0.1, 0.15) is 85.5 Å². The Morgan fingerprint density at radius 1 is 1.19 bits per heavy atom. The van der Waals surface area contributed by atoms with E-state index in [0.29, 0.717) is 48.0 Å². The summed E-state index contributed by atoms with van der Waals surface area (Å²) < 4.78 is 9.01. The number of hydrogen-bond acceptors (Lipinski definition) is 7. The van der Waals surface area contributed by atoms with Gasteiger partial charge in [0.05, 0.1) is 18.8 Å². The lowest BCUT2D eigenvalue weighted by Crippen LogP contribution is -2.62. The normalized spacial score (nSPS) is 43.8. The van der Waals surface area contributed by atoms with Gasteiger partial charge in [0.2, 0.25) is 0 Å². The van der Waals surface area contributed by atoms with Gasteiger partial charge in [0.1, 0.15) is 0 Å². The van der Waals surface area contributed by atoms with E-state index in [0.717, 1.165) is 36.4 Å². The van der Waals surface area contributed by atoms with E-state index in [1.807, 2.05) is 5.38 Å². The second kappa shape index (κ2) is 11.0. The Labute approximate surface area is 230 Å². The summed E-state index contributed by atoms with van der Waals surface area (Å²) >= 11 is 2.69. The summed E-state index contributed by atoms with van der Waals surface area (Å²) in [7, 11) is 0. The lowest BCUT2D eigenvalue weighted by Gasteiger charge is -2.64. The minimum absolute atomic E-state index is 0.198. The van der Waals surface area contributed by atoms with Gasteiger partial charge in [-0.25, -0.2) is 9.78 Å². The molecule has 0 aliphatic heterocycles. The van der Waals surface area contributed by atoms with Crippen LogP contribution in [0.5, 0.6) is 0 Å². The molecule has 1 aromatic rings. The van der Waals surface area contributed by atoms with Crippen molar-refractivity contribution in [3.05, 3.63) is 11.6 Å². The zero-order valence-corrected chi connectivity index (χ0v) is 24.5. The molecule has 8 heteroatoms. The Bertz CT molecular complexity index is 931. The van der Waals surface area contributed by atoms with Crippen LogP contribution in [0.25, 0.3) is 0 Å².